The zero-order valence-corrected chi connectivity index (χ0v) is 36.8. The molecule has 3 aliphatic rings. The molecule has 2 saturated carbocycles. The normalized spacial score (nSPS) is 21.2. The van der Waals surface area contributed by atoms with Crippen molar-refractivity contribution in [3.8, 4) is 0 Å². The number of carbonyl (C=O) groups excluding carboxylic acids is 3. The Balaban J connectivity index is 1.33. The summed E-state index contributed by atoms with van der Waals surface area (Å²) in [4.78, 5) is 68.2. The molecule has 5 N–H and O–H groups in total. The second-order valence-electron chi connectivity index (χ2n) is 19.5. The van der Waals surface area contributed by atoms with Gasteiger partial charge >= 0.3 is 18.2 Å². The number of nitrogen functional groups attached to an aromatic ring is 1. The number of carboxylic acid groups (broad SMARTS) is 1. The van der Waals surface area contributed by atoms with Crippen LogP contribution in [0.2, 0.25) is 0 Å². The highest BCUT2D eigenvalue weighted by atomic mass is 16.6. The zero-order chi connectivity index (χ0) is 42.8. The van der Waals surface area contributed by atoms with Crippen LogP contribution in [-0.4, -0.2) is 135 Å². The highest BCUT2D eigenvalue weighted by Crippen LogP contribution is 2.30. The van der Waals surface area contributed by atoms with Gasteiger partial charge in [0.15, 0.2) is 0 Å². The molecule has 328 valence electrons. The van der Waals surface area contributed by atoms with Crippen LogP contribution in [0.25, 0.3) is 0 Å². The molecular formula is C42H73N9O7. The van der Waals surface area contributed by atoms with Crippen molar-refractivity contribution in [2.45, 2.75) is 168 Å². The molecular weight excluding hydrogens is 743 g/mol. The van der Waals surface area contributed by atoms with E-state index in [0.29, 0.717) is 62.6 Å². The van der Waals surface area contributed by atoms with E-state index in [2.05, 4.69) is 15.6 Å². The Morgan fingerprint density at radius 2 is 1.48 bits per heavy atom. The van der Waals surface area contributed by atoms with Crippen molar-refractivity contribution in [3.05, 3.63) is 6.07 Å². The summed E-state index contributed by atoms with van der Waals surface area (Å²) < 4.78 is 11.6. The fourth-order valence-electron chi connectivity index (χ4n) is 8.08. The molecule has 0 spiro atoms. The topological polar surface area (TPSA) is 196 Å². The fraction of sp³-hybridized carbons (Fsp3) is 0.810. The van der Waals surface area contributed by atoms with Crippen LogP contribution in [-0.2, 0) is 19.1 Å². The molecule has 0 aromatic carbocycles. The zero-order valence-electron chi connectivity index (χ0n) is 36.8. The number of carbonyl (C=O) groups is 4. The third-order valence-electron chi connectivity index (χ3n) is 10.8. The minimum atomic E-state index is -0.983. The van der Waals surface area contributed by atoms with Crippen molar-refractivity contribution < 1.29 is 33.8 Å². The molecule has 3 amide bonds. The number of hydrogen-bond donors (Lipinski definition) is 4. The molecule has 2 heterocycles. The third kappa shape index (κ3) is 15.6. The van der Waals surface area contributed by atoms with Gasteiger partial charge in [-0.2, -0.15) is 9.97 Å². The van der Waals surface area contributed by atoms with Gasteiger partial charge in [-0.3, -0.25) is 14.5 Å². The molecule has 16 nitrogen and oxygen atoms in total. The maximum Gasteiger partial charge on any atom is 0.410 e. The number of anilines is 3. The van der Waals surface area contributed by atoms with Crippen LogP contribution in [0.1, 0.15) is 133 Å². The lowest BCUT2D eigenvalue weighted by Crippen LogP contribution is -2.62. The van der Waals surface area contributed by atoms with E-state index >= 15 is 0 Å². The van der Waals surface area contributed by atoms with E-state index < -0.39 is 28.8 Å². The van der Waals surface area contributed by atoms with E-state index in [-0.39, 0.29) is 43.3 Å². The van der Waals surface area contributed by atoms with Crippen molar-refractivity contribution in [1.82, 2.24) is 30.0 Å². The second-order valence-corrected chi connectivity index (χ2v) is 19.5. The van der Waals surface area contributed by atoms with Gasteiger partial charge in [-0.15, -0.1) is 0 Å². The van der Waals surface area contributed by atoms with Crippen LogP contribution in [0, 0.1) is 5.92 Å². The molecule has 58 heavy (non-hydrogen) atoms. The van der Waals surface area contributed by atoms with Crippen molar-refractivity contribution in [2.75, 3.05) is 61.8 Å². The van der Waals surface area contributed by atoms with Crippen molar-refractivity contribution in [3.63, 3.8) is 0 Å². The monoisotopic (exact) mass is 816 g/mol. The van der Waals surface area contributed by atoms with Crippen LogP contribution in [0.15, 0.2) is 6.07 Å². The molecule has 3 fully saturated rings. The number of rotatable bonds is 14. The first kappa shape index (κ1) is 46.6. The molecule has 0 bridgehead atoms. The predicted molar refractivity (Wildman–Crippen MR) is 226 cm³/mol. The number of aromatic nitrogens is 2. The number of hydrogen-bond acceptors (Lipinski definition) is 12. The van der Waals surface area contributed by atoms with Gasteiger partial charge in [-0.25, -0.2) is 9.59 Å². The first-order valence-corrected chi connectivity index (χ1v) is 21.5. The van der Waals surface area contributed by atoms with Gasteiger partial charge in [0, 0.05) is 63.0 Å². The van der Waals surface area contributed by atoms with Crippen LogP contribution >= 0.6 is 0 Å². The number of nitrogens with one attached hydrogen (secondary N) is 2. The Kier molecular flexibility index (Phi) is 16.3. The minimum Gasteiger partial charge on any atom is -0.480 e. The Labute approximate surface area is 346 Å². The maximum absolute atomic E-state index is 13.4. The van der Waals surface area contributed by atoms with Crippen LogP contribution < -0.4 is 21.3 Å². The molecule has 4 rings (SSSR count). The highest BCUT2D eigenvalue weighted by molar-refractivity contribution is 5.84. The molecule has 0 unspecified atom stereocenters. The molecule has 1 aromatic rings. The average Bonchev–Trinajstić information content (AvgIpc) is 3.09. The number of aliphatic carboxylic acids is 1. The number of nitrogens with zero attached hydrogens (tertiary/aromatic N) is 6. The van der Waals surface area contributed by atoms with Gasteiger partial charge in [0.1, 0.15) is 28.9 Å². The lowest BCUT2D eigenvalue weighted by Gasteiger charge is -2.41. The average molecular weight is 816 g/mol. The SMILES string of the molecule is CC(C)(C)NC(=O)[C@@H]1CN(c2cc(N)nc(NC3CCC(CCN(CCCN(C(=O)OC(C)(C)C)C4CCCCC4)C(=O)OC(C)(C)C)CC3)n2)CCN1CC(=O)O. The number of ether oxygens (including phenoxy) is 2. The van der Waals surface area contributed by atoms with Gasteiger partial charge in [0.2, 0.25) is 11.9 Å². The molecule has 0 radical (unpaired) electrons. The Morgan fingerprint density at radius 3 is 2.09 bits per heavy atom. The highest BCUT2D eigenvalue weighted by Gasteiger charge is 2.36. The minimum absolute atomic E-state index is 0.143. The summed E-state index contributed by atoms with van der Waals surface area (Å²) in [6.45, 7) is 19.5. The van der Waals surface area contributed by atoms with Crippen LogP contribution in [0.5, 0.6) is 0 Å². The molecule has 1 aliphatic heterocycles. The summed E-state index contributed by atoms with van der Waals surface area (Å²) in [7, 11) is 0. The molecule has 1 atom stereocenters. The van der Waals surface area contributed by atoms with E-state index in [1.54, 1.807) is 11.0 Å². The van der Waals surface area contributed by atoms with E-state index in [0.717, 1.165) is 57.8 Å². The van der Waals surface area contributed by atoms with Crippen molar-refractivity contribution in [1.29, 1.82) is 0 Å². The number of amides is 3. The van der Waals surface area contributed by atoms with Crippen molar-refractivity contribution >= 4 is 41.6 Å². The van der Waals surface area contributed by atoms with Gasteiger partial charge in [-0.1, -0.05) is 19.3 Å². The van der Waals surface area contributed by atoms with Gasteiger partial charge in [0.05, 0.1) is 6.54 Å². The Hall–Kier alpha value is -4.08. The molecule has 2 aliphatic carbocycles. The van der Waals surface area contributed by atoms with Crippen LogP contribution in [0.4, 0.5) is 27.2 Å². The maximum atomic E-state index is 13.4. The molecule has 16 heteroatoms. The van der Waals surface area contributed by atoms with E-state index in [9.17, 15) is 24.3 Å². The fourth-order valence-corrected chi connectivity index (χ4v) is 8.08. The van der Waals surface area contributed by atoms with Crippen LogP contribution in [0.3, 0.4) is 0 Å². The summed E-state index contributed by atoms with van der Waals surface area (Å²) in [6, 6.07) is 1.32. The quantitative estimate of drug-likeness (QED) is 0.168. The molecule has 1 aromatic heterocycles. The Morgan fingerprint density at radius 1 is 0.845 bits per heavy atom. The van der Waals surface area contributed by atoms with Gasteiger partial charge in [0.25, 0.3) is 0 Å². The van der Waals surface area contributed by atoms with E-state index in [1.165, 1.54) is 6.42 Å². The second kappa shape index (κ2) is 20.3. The first-order valence-electron chi connectivity index (χ1n) is 21.5. The summed E-state index contributed by atoms with van der Waals surface area (Å²) in [5, 5.41) is 16.0. The van der Waals surface area contributed by atoms with Gasteiger partial charge < -0.3 is 45.6 Å². The standard InChI is InChI=1S/C42H73N9O7/c1-40(2,3)47-36(54)32-27-50(25-24-49(32)28-35(52)53)34-26-33(43)45-37(46-34)44-30-18-16-29(17-19-30)20-23-48(38(55)57-41(4,5)6)21-13-22-51(31-14-11-10-12-15-31)39(56)58-42(7,8)9/h26,29-32H,10-25,27-28H2,1-9H3,(H,47,54)(H,52,53)(H3,43,44,45,46)/t29?,30?,32-/m0/s1. The smallest absolute Gasteiger partial charge is 0.410 e. The predicted octanol–water partition coefficient (Wildman–Crippen LogP) is 6.11. The van der Waals surface area contributed by atoms with Crippen molar-refractivity contribution in [2.24, 2.45) is 5.92 Å². The summed E-state index contributed by atoms with van der Waals surface area (Å²) in [5.74, 6) is 0.529. The summed E-state index contributed by atoms with van der Waals surface area (Å²) >= 11 is 0. The number of nitrogens with two attached hydrogens (primary N) is 1. The largest absolute Gasteiger partial charge is 0.480 e. The number of carboxylic acids is 1. The number of piperazine rings is 1. The van der Waals surface area contributed by atoms with Gasteiger partial charge in [-0.05, 0) is 120 Å². The van der Waals surface area contributed by atoms with E-state index in [4.69, 9.17) is 20.2 Å². The lowest BCUT2D eigenvalue weighted by atomic mass is 9.84. The summed E-state index contributed by atoms with van der Waals surface area (Å²) in [6.07, 6.45) is 9.97. The lowest BCUT2D eigenvalue weighted by molar-refractivity contribution is -0.140. The Bertz CT molecular complexity index is 1530. The summed E-state index contributed by atoms with van der Waals surface area (Å²) in [5.41, 5.74) is 4.60. The molecule has 1 saturated heterocycles. The third-order valence-corrected chi connectivity index (χ3v) is 10.8. The van der Waals surface area contributed by atoms with E-state index in [1.807, 2.05) is 77.0 Å². The first-order chi connectivity index (χ1) is 27.0.